The fraction of sp³-hybridized carbons (Fsp3) is 0.917. The van der Waals surface area contributed by atoms with E-state index in [2.05, 4.69) is 17.0 Å². The van der Waals surface area contributed by atoms with Crippen molar-refractivity contribution in [1.29, 1.82) is 0 Å². The predicted octanol–water partition coefficient (Wildman–Crippen LogP) is -0.382. The topological polar surface area (TPSA) is 69.6 Å². The molecule has 0 aliphatic heterocycles. The van der Waals surface area contributed by atoms with E-state index < -0.39 is 16.4 Å². The first-order valence-electron chi connectivity index (χ1n) is 6.40. The molecule has 1 N–H and O–H groups in total. The minimum absolute atomic E-state index is 0. The molecule has 6 heteroatoms. The molecule has 0 radical (unpaired) electrons. The summed E-state index contributed by atoms with van der Waals surface area (Å²) in [5, 5.41) is 9.22. The maximum atomic E-state index is 10.6. The van der Waals surface area contributed by atoms with E-state index in [1.807, 2.05) is 0 Å². The molecule has 0 aromatic carbocycles. The molecule has 104 valence electrons. The molecule has 0 aromatic heterocycles. The van der Waals surface area contributed by atoms with Crippen molar-refractivity contribution >= 4 is 16.0 Å². The molecule has 0 aromatic rings. The van der Waals surface area contributed by atoms with Crippen LogP contribution in [0.3, 0.4) is 0 Å². The summed E-state index contributed by atoms with van der Waals surface area (Å²) in [7, 11) is -3.78. The van der Waals surface area contributed by atoms with Gasteiger partial charge in [-0.1, -0.05) is 51.9 Å². The zero-order valence-corrected chi connectivity index (χ0v) is 14.5. The van der Waals surface area contributed by atoms with Crippen molar-refractivity contribution in [2.45, 2.75) is 71.0 Å². The average molecular weight is 288 g/mol. The van der Waals surface area contributed by atoms with Gasteiger partial charge in [-0.15, -0.1) is 0 Å². The minimum atomic E-state index is -3.78. The second kappa shape index (κ2) is 12.9. The van der Waals surface area contributed by atoms with Crippen molar-refractivity contribution in [2.75, 3.05) is 0 Å². The molecule has 0 heterocycles. The summed E-state index contributed by atoms with van der Waals surface area (Å²) in [6.07, 6.45) is 8.35. The smallest absolute Gasteiger partial charge is 0.757 e. The number of aliphatic hydroxyl groups is 1. The van der Waals surface area contributed by atoms with Crippen LogP contribution in [0.15, 0.2) is 0 Å². The molecule has 0 rings (SSSR count). The van der Waals surface area contributed by atoms with E-state index in [4.69, 9.17) is 0 Å². The van der Waals surface area contributed by atoms with Crippen LogP contribution in [0.1, 0.15) is 64.7 Å². The van der Waals surface area contributed by atoms with Gasteiger partial charge in [0.25, 0.3) is 0 Å². The first kappa shape index (κ1) is 21.2. The Morgan fingerprint density at radius 3 is 2.06 bits per heavy atom. The summed E-state index contributed by atoms with van der Waals surface area (Å²) >= 11 is 0. The number of hydrogen-bond acceptors (Lipinski definition) is 4. The molecule has 2 unspecified atom stereocenters. The van der Waals surface area contributed by atoms with Crippen molar-refractivity contribution in [2.24, 2.45) is 0 Å². The maximum absolute atomic E-state index is 10.6. The van der Waals surface area contributed by atoms with E-state index in [9.17, 15) is 13.9 Å². The Morgan fingerprint density at radius 1 is 1.17 bits per heavy atom. The van der Waals surface area contributed by atoms with Gasteiger partial charge in [0.15, 0.2) is 6.29 Å². The van der Waals surface area contributed by atoms with E-state index >= 15 is 0 Å². The van der Waals surface area contributed by atoms with Gasteiger partial charge in [-0.3, -0.25) is 8.39 Å². The Balaban J connectivity index is 0. The number of aliphatic hydroxyl groups excluding tert-OH is 1. The van der Waals surface area contributed by atoms with Crippen molar-refractivity contribution in [3.63, 3.8) is 0 Å². The van der Waals surface area contributed by atoms with Gasteiger partial charge in [-0.25, -0.2) is 0 Å². The third kappa shape index (κ3) is 16.9. The van der Waals surface area contributed by atoms with Crippen molar-refractivity contribution in [3.05, 3.63) is 0 Å². The molecule has 0 bridgehead atoms. The van der Waals surface area contributed by atoms with E-state index in [0.717, 1.165) is 19.3 Å². The Hall–Kier alpha value is 0.900. The Bertz CT molecular complexity index is 267. The summed E-state index contributed by atoms with van der Waals surface area (Å²) in [6, 6.07) is 0. The van der Waals surface area contributed by atoms with Gasteiger partial charge < -0.3 is 9.66 Å². The van der Waals surface area contributed by atoms with Crippen LogP contribution in [0.4, 0.5) is 0 Å². The van der Waals surface area contributed by atoms with Gasteiger partial charge in [0.1, 0.15) is 0 Å². The maximum Gasteiger partial charge on any atom is 1.00 e. The van der Waals surface area contributed by atoms with Crippen LogP contribution in [0.5, 0.6) is 0 Å². The van der Waals surface area contributed by atoms with Crippen LogP contribution in [0, 0.1) is 0 Å². The van der Waals surface area contributed by atoms with Crippen LogP contribution in [0.2, 0.25) is 0 Å². The molecule has 0 fully saturated rings. The van der Waals surface area contributed by atoms with Crippen molar-refractivity contribution in [1.82, 2.24) is 0 Å². The van der Waals surface area contributed by atoms with Gasteiger partial charge in [-0.2, -0.15) is 0 Å². The van der Waals surface area contributed by atoms with Gasteiger partial charge in [0, 0.05) is 10.1 Å². The molecule has 2 atom stereocenters. The van der Waals surface area contributed by atoms with Gasteiger partial charge >= 0.3 is 29.6 Å². The fourth-order valence-corrected chi connectivity index (χ4v) is 2.10. The molecule has 18 heavy (non-hydrogen) atoms. The summed E-state index contributed by atoms with van der Waals surface area (Å²) in [4.78, 5) is 0. The Labute approximate surface area is 134 Å². The third-order valence-electron chi connectivity index (χ3n) is 2.56. The molecule has 4 nitrogen and oxygen atoms in total. The molecule has 0 saturated carbocycles. The molecular weight excluding hydrogens is 263 g/mol. The molecular formula is C12H25NaO4S. The average Bonchev–Trinajstić information content (AvgIpc) is 2.19. The van der Waals surface area contributed by atoms with Crippen molar-refractivity contribution in [3.8, 4) is 0 Å². The van der Waals surface area contributed by atoms with E-state index in [-0.39, 0.29) is 29.6 Å². The zero-order valence-electron chi connectivity index (χ0n) is 11.7. The zero-order chi connectivity index (χ0) is 13.1. The summed E-state index contributed by atoms with van der Waals surface area (Å²) in [6.45, 7) is 2.19. The van der Waals surface area contributed by atoms with Crippen LogP contribution >= 0.6 is 0 Å². The normalized spacial score (nSPS) is 15.7. The number of hydrogen-bond donors (Lipinski definition) is 1. The molecule has 0 aliphatic rings. The van der Waals surface area contributed by atoms with Gasteiger partial charge in [0.2, 0.25) is 0 Å². The fourth-order valence-electron chi connectivity index (χ4n) is 1.67. The molecule has 0 spiro atoms. The monoisotopic (exact) mass is 288 g/mol. The Kier molecular flexibility index (Phi) is 15.2. The third-order valence-corrected chi connectivity index (χ3v) is 3.08. The van der Waals surface area contributed by atoms with Crippen LogP contribution in [-0.2, 0) is 14.3 Å². The minimum Gasteiger partial charge on any atom is -0.757 e. The standard InChI is InChI=1S/C12H26O4S.Na/c1-3-4-5-6-7-8-9-10-11-12(13)16-17(2,14)15;/h12-13H,2-11H2,1H3,(H,14,15);/q;+1/p-1. The van der Waals surface area contributed by atoms with Gasteiger partial charge in [-0.05, 0) is 18.7 Å². The van der Waals surface area contributed by atoms with E-state index in [1.165, 1.54) is 32.1 Å². The second-order valence-corrected chi connectivity index (χ2v) is 5.68. The van der Waals surface area contributed by atoms with Crippen LogP contribution < -0.4 is 29.6 Å². The summed E-state index contributed by atoms with van der Waals surface area (Å²) in [5.41, 5.74) is 0. The Morgan fingerprint density at radius 2 is 1.61 bits per heavy atom. The SMILES string of the molecule is C=S(=O)([O-])OC(O)CCCCCCCCCC.[Na+]. The number of unbranched alkanes of at least 4 members (excludes halogenated alkanes) is 7. The van der Waals surface area contributed by atoms with Crippen LogP contribution in [0.25, 0.3) is 0 Å². The molecule has 0 amide bonds. The first-order chi connectivity index (χ1) is 7.95. The van der Waals surface area contributed by atoms with E-state index in [1.54, 1.807) is 0 Å². The molecule has 0 aliphatic carbocycles. The van der Waals surface area contributed by atoms with E-state index in [0.29, 0.717) is 6.42 Å². The quantitative estimate of drug-likeness (QED) is 0.243. The second-order valence-electron chi connectivity index (χ2n) is 4.37. The van der Waals surface area contributed by atoms with Crippen LogP contribution in [-0.4, -0.2) is 26.0 Å². The van der Waals surface area contributed by atoms with Crippen molar-refractivity contribution < 1.29 is 47.6 Å². The molecule has 0 saturated heterocycles. The van der Waals surface area contributed by atoms with Gasteiger partial charge in [0.05, 0.1) is 0 Å². The largest absolute Gasteiger partial charge is 1.00 e. The summed E-state index contributed by atoms with van der Waals surface area (Å²) < 4.78 is 25.5. The predicted molar refractivity (Wildman–Crippen MR) is 70.4 cm³/mol. The summed E-state index contributed by atoms with van der Waals surface area (Å²) in [5.74, 6) is 2.79. The number of rotatable bonds is 11. The first-order valence-corrected chi connectivity index (χ1v) is 7.98.